The monoisotopic (exact) mass is 1940 g/mol. The second-order valence-electron chi connectivity index (χ2n) is 36.3. The van der Waals surface area contributed by atoms with E-state index < -0.39 is 42.9 Å². The maximum Gasteiger partial charge on any atom is 0.276 e. The van der Waals surface area contributed by atoms with Gasteiger partial charge in [0.15, 0.2) is 28.6 Å². The van der Waals surface area contributed by atoms with Crippen LogP contribution in [0.1, 0.15) is 159 Å². The minimum Gasteiger partial charge on any atom is -0.461 e. The van der Waals surface area contributed by atoms with E-state index >= 15 is 0 Å². The number of rotatable bonds is 27. The zero-order valence-electron chi connectivity index (χ0n) is 79.6. The van der Waals surface area contributed by atoms with E-state index in [0.717, 1.165) is 146 Å². The van der Waals surface area contributed by atoms with Gasteiger partial charge in [0.1, 0.15) is 35.5 Å². The Morgan fingerprint density at radius 1 is 0.373 bits per heavy atom. The number of amides is 4. The molecule has 4 unspecified atom stereocenters. The maximum absolute atomic E-state index is 15.0. The van der Waals surface area contributed by atoms with Crippen LogP contribution in [0, 0.1) is 5.82 Å². The van der Waals surface area contributed by atoms with Gasteiger partial charge in [-0.15, -0.1) is 0 Å². The van der Waals surface area contributed by atoms with E-state index in [2.05, 4.69) is 122 Å². The molecule has 4 aliphatic heterocycles. The predicted octanol–water partition coefficient (Wildman–Crippen LogP) is 20.1. The molecule has 20 rings (SSSR count). The third kappa shape index (κ3) is 24.3. The van der Waals surface area contributed by atoms with Crippen molar-refractivity contribution in [2.75, 3.05) is 101 Å². The van der Waals surface area contributed by atoms with Crippen molar-refractivity contribution in [3.63, 3.8) is 0 Å². The summed E-state index contributed by atoms with van der Waals surface area (Å²) in [7, 11) is 4.25. The number of hydrogen-bond acceptors (Lipinski definition) is 20. The second-order valence-corrected chi connectivity index (χ2v) is 36.3. The Kier molecular flexibility index (Phi) is 30.6. The third-order valence-electron chi connectivity index (χ3n) is 25.6. The van der Waals surface area contributed by atoms with Gasteiger partial charge in [-0.05, 0) is 262 Å². The number of carbonyl (C=O) groups excluding carboxylic acids is 4. The number of likely N-dealkylation sites (tertiary alicyclic amines) is 4. The van der Waals surface area contributed by atoms with Gasteiger partial charge in [-0.3, -0.25) is 63.2 Å². The lowest BCUT2D eigenvalue weighted by Crippen LogP contribution is -2.45. The summed E-state index contributed by atoms with van der Waals surface area (Å²) in [4.78, 5) is 60.4. The lowest BCUT2D eigenvalue weighted by atomic mass is 10.0. The molecule has 32 nitrogen and oxygen atoms in total. The molecule has 0 aliphatic carbocycles. The van der Waals surface area contributed by atoms with Crippen molar-refractivity contribution < 1.29 is 68.9 Å². The standard InChI is InChI=1S/C27H30F2N6O2.C26H28F2N6O2.C25H26F2N6O2.C25H27FN6O2/c1-17(28)37-22-7-5-20(6-8-22)31-26(36)25-23-14-18(4-9-24(23)32-33-25)19-15-30-35(16-19)21-10-12-34(13-11-21)27(2,3)29;1-17(28)36-22-5-3-20(4-6-22)30-26(35)25-23-14-18(2-7-24(23)31-32-25)19-15-29-34(16-19)21-8-11-33(12-9-21)13-10-27;1-15(26)35-19-5-3-17(4-6-19)29-25(34)24-21-11-20(22(27)12-23(21)30-31-24)16-13-28-33(14-16)18-7-9-32(2)10-8-18;1-16(26)34-21-6-4-19(5-7-21)28-25(33)24-22-13-17(3-8-23(22)29-30-24)18-14-27-32(15-18)20-9-11-31(2)12-10-20/h4-9,14-17,21H,10-13H2,1-3H3,(H,31,36)(H,32,33);2-7,14-17,21H,8-13H2,1H3,(H,30,35)(H,31,32);3-6,11-15,18H,7-10H2,1-2H3,(H,29,34)(H,30,31);3-8,13-16,20H,9-12H2,1-2H3,(H,28,33)(H,29,30). The van der Waals surface area contributed by atoms with Crippen LogP contribution in [0.15, 0.2) is 213 Å². The highest BCUT2D eigenvalue weighted by molar-refractivity contribution is 6.14. The van der Waals surface area contributed by atoms with Crippen LogP contribution in [0.25, 0.3) is 88.1 Å². The van der Waals surface area contributed by atoms with Crippen molar-refractivity contribution in [2.45, 2.75) is 148 Å². The molecule has 0 saturated carbocycles. The normalized spacial score (nSPS) is 15.9. The number of aromatic nitrogens is 16. The molecule has 4 atom stereocenters. The molecule has 8 N–H and O–H groups in total. The van der Waals surface area contributed by atoms with Crippen LogP contribution in [0.3, 0.4) is 0 Å². The van der Waals surface area contributed by atoms with Gasteiger partial charge in [0.25, 0.3) is 23.6 Å². The fraction of sp³-hybridized carbons (Fsp3) is 0.340. The summed E-state index contributed by atoms with van der Waals surface area (Å²) in [6.45, 7) is 15.8. The average molecular weight is 1950 g/mol. The lowest BCUT2D eigenvalue weighted by Gasteiger charge is -2.37. The third-order valence-corrected chi connectivity index (χ3v) is 25.6. The van der Waals surface area contributed by atoms with E-state index in [0.29, 0.717) is 116 Å². The van der Waals surface area contributed by atoms with Gasteiger partial charge in [0, 0.05) is 163 Å². The number of hydrogen-bond donors (Lipinski definition) is 8. The summed E-state index contributed by atoms with van der Waals surface area (Å²) in [5.74, 6) is -1.75. The number of carbonyl (C=O) groups is 4. The van der Waals surface area contributed by atoms with E-state index in [1.807, 2.05) is 111 Å². The van der Waals surface area contributed by atoms with Crippen LogP contribution in [0.2, 0.25) is 0 Å². The molecule has 8 aromatic carbocycles. The summed E-state index contributed by atoms with van der Waals surface area (Å²) in [6, 6.07) is 47.4. The van der Waals surface area contributed by atoms with Crippen molar-refractivity contribution in [1.82, 2.24) is 99.5 Å². The van der Waals surface area contributed by atoms with Gasteiger partial charge in [0.2, 0.25) is 25.4 Å². The van der Waals surface area contributed by atoms with E-state index in [1.165, 1.54) is 33.8 Å². The number of H-pyrrole nitrogens is 4. The van der Waals surface area contributed by atoms with Crippen LogP contribution in [0.5, 0.6) is 23.0 Å². The second kappa shape index (κ2) is 44.2. The summed E-state index contributed by atoms with van der Waals surface area (Å²) in [5, 5.41) is 60.4. The molecular formula is C103H111F7N24O8. The summed E-state index contributed by atoms with van der Waals surface area (Å²) in [5.41, 5.74) is 12.5. The molecule has 39 heteroatoms. The Morgan fingerprint density at radius 3 is 0.944 bits per heavy atom. The van der Waals surface area contributed by atoms with E-state index in [4.69, 9.17) is 18.9 Å². The minimum atomic E-state index is -1.43. The van der Waals surface area contributed by atoms with Gasteiger partial charge in [-0.1, -0.05) is 18.2 Å². The first-order chi connectivity index (χ1) is 68.5. The Labute approximate surface area is 813 Å². The van der Waals surface area contributed by atoms with Gasteiger partial charge in [-0.25, -0.2) is 30.7 Å². The topological polar surface area (TPSA) is 352 Å². The highest BCUT2D eigenvalue weighted by Crippen LogP contribution is 2.38. The number of nitrogens with one attached hydrogen (secondary N) is 8. The Balaban J connectivity index is 0.000000130. The molecule has 0 radical (unpaired) electrons. The first-order valence-electron chi connectivity index (χ1n) is 47.3. The molecular weight excluding hydrogens is 1830 g/mol. The smallest absolute Gasteiger partial charge is 0.276 e. The fourth-order valence-electron chi connectivity index (χ4n) is 18.0. The van der Waals surface area contributed by atoms with Crippen LogP contribution < -0.4 is 40.2 Å². The zero-order valence-corrected chi connectivity index (χ0v) is 79.6. The molecule has 8 aromatic heterocycles. The number of piperidine rings is 4. The minimum absolute atomic E-state index is 0.140. The number of halogens is 7. The largest absolute Gasteiger partial charge is 0.461 e. The molecule has 4 saturated heterocycles. The first-order valence-corrected chi connectivity index (χ1v) is 47.3. The molecule has 4 fully saturated rings. The number of ether oxygens (including phenoxy) is 4. The van der Waals surface area contributed by atoms with Gasteiger partial charge >= 0.3 is 0 Å². The fourth-order valence-corrected chi connectivity index (χ4v) is 18.0. The number of nitrogens with zero attached hydrogens (tertiary/aromatic N) is 16. The maximum atomic E-state index is 15.0. The van der Waals surface area contributed by atoms with E-state index in [9.17, 15) is 49.9 Å². The van der Waals surface area contributed by atoms with Gasteiger partial charge < -0.3 is 54.9 Å². The van der Waals surface area contributed by atoms with Crippen LogP contribution in [-0.2, 0) is 0 Å². The molecule has 4 aliphatic rings. The van der Waals surface area contributed by atoms with Crippen molar-refractivity contribution in [2.24, 2.45) is 0 Å². The number of aromatic amines is 4. The number of fused-ring (bicyclic) bond motifs is 4. The van der Waals surface area contributed by atoms with Crippen molar-refractivity contribution in [1.29, 1.82) is 0 Å². The number of benzene rings is 8. The first kappa shape index (κ1) is 98.5. The van der Waals surface area contributed by atoms with Gasteiger partial charge in [0.05, 0.1) is 71.0 Å². The lowest BCUT2D eigenvalue weighted by molar-refractivity contribution is -0.0236. The van der Waals surface area contributed by atoms with Crippen molar-refractivity contribution in [3.05, 3.63) is 242 Å². The summed E-state index contributed by atoms with van der Waals surface area (Å²) < 4.78 is 122. The number of alkyl halides is 6. The molecule has 12 heterocycles. The molecule has 0 bridgehead atoms. The molecule has 4 amide bonds. The van der Waals surface area contributed by atoms with Gasteiger partial charge in [-0.2, -0.15) is 40.8 Å². The van der Waals surface area contributed by atoms with Crippen LogP contribution >= 0.6 is 0 Å². The Bertz CT molecular complexity index is 6990. The molecule has 0 spiro atoms. The van der Waals surface area contributed by atoms with Crippen molar-refractivity contribution in [3.8, 4) is 67.5 Å². The van der Waals surface area contributed by atoms with Crippen LogP contribution in [-0.4, -0.2) is 234 Å². The molecule has 142 heavy (non-hydrogen) atoms. The number of anilines is 4. The Morgan fingerprint density at radius 2 is 0.648 bits per heavy atom. The van der Waals surface area contributed by atoms with Crippen LogP contribution in [0.4, 0.5) is 53.5 Å². The average Bonchev–Trinajstić information content (AvgIpc) is 1.60. The van der Waals surface area contributed by atoms with E-state index in [1.54, 1.807) is 123 Å². The quantitative estimate of drug-likeness (QED) is 0.0175. The van der Waals surface area contributed by atoms with E-state index in [-0.39, 0.29) is 53.6 Å². The molecule has 740 valence electrons. The zero-order chi connectivity index (χ0) is 99.4. The Hall–Kier alpha value is -15.1. The SMILES string of the molecule is CC(F)Oc1ccc(NC(=O)c2n[nH]c3cc(F)c(-c4cnn(C5CCN(C)CC5)c4)cc23)cc1.CC(F)Oc1ccc(NC(=O)c2n[nH]c3ccc(-c4cnn(C5CCN(C(C)(C)F)CC5)c4)cc23)cc1.CC(F)Oc1ccc(NC(=O)c2n[nH]c3ccc(-c4cnn(C5CCN(C)CC5)c4)cc23)cc1.CC(F)Oc1ccc(NC(=O)c2n[nH]c3ccc(-c4cnn(C5CCN(CCF)CC5)c4)cc23)cc1. The highest BCUT2D eigenvalue weighted by atomic mass is 19.2. The van der Waals surface area contributed by atoms with Crippen molar-refractivity contribution >= 4 is 90.0 Å². The highest BCUT2D eigenvalue weighted by Gasteiger charge is 2.33. The molecule has 16 aromatic rings. The summed E-state index contributed by atoms with van der Waals surface area (Å²) in [6.07, 6.45) is 17.2. The predicted molar refractivity (Wildman–Crippen MR) is 529 cm³/mol. The summed E-state index contributed by atoms with van der Waals surface area (Å²) >= 11 is 0.